The number of sulfonamides is 1. The van der Waals surface area contributed by atoms with E-state index in [9.17, 15) is 8.42 Å². The average Bonchev–Trinajstić information content (AvgIpc) is 2.69. The van der Waals surface area contributed by atoms with E-state index in [0.717, 1.165) is 5.56 Å². The fraction of sp³-hybridized carbons (Fsp3) is 0.556. The molecule has 0 aromatic carbocycles. The Bertz CT molecular complexity index is 372. The van der Waals surface area contributed by atoms with Gasteiger partial charge in [-0.25, -0.2) is 13.1 Å². The Morgan fingerprint density at radius 1 is 1.60 bits per heavy atom. The van der Waals surface area contributed by atoms with Gasteiger partial charge in [0.15, 0.2) is 0 Å². The van der Waals surface area contributed by atoms with Crippen molar-refractivity contribution in [2.24, 2.45) is 0 Å². The maximum Gasteiger partial charge on any atom is 0.216 e. The summed E-state index contributed by atoms with van der Waals surface area (Å²) < 4.78 is 25.3. The lowest BCUT2D eigenvalue weighted by Crippen LogP contribution is -2.35. The highest BCUT2D eigenvalue weighted by molar-refractivity contribution is 7.90. The predicted octanol–water partition coefficient (Wildman–Crippen LogP) is 0.591. The SMILES string of the molecule is CC(CO)S(=O)(=O)NCCc1ccsc1. The first-order valence-electron chi connectivity index (χ1n) is 4.66. The van der Waals surface area contributed by atoms with E-state index >= 15 is 0 Å². The van der Waals surface area contributed by atoms with Gasteiger partial charge in [0.25, 0.3) is 0 Å². The second-order valence-electron chi connectivity index (χ2n) is 3.31. The maximum atomic E-state index is 11.4. The van der Waals surface area contributed by atoms with Gasteiger partial charge in [-0.3, -0.25) is 0 Å². The summed E-state index contributed by atoms with van der Waals surface area (Å²) in [6.07, 6.45) is 0.681. The zero-order valence-electron chi connectivity index (χ0n) is 8.51. The van der Waals surface area contributed by atoms with Crippen LogP contribution in [0.15, 0.2) is 16.8 Å². The third-order valence-electron chi connectivity index (χ3n) is 2.08. The standard InChI is InChI=1S/C9H15NO3S2/c1-8(6-11)15(12,13)10-4-2-9-3-5-14-7-9/h3,5,7-8,10-11H,2,4,6H2,1H3. The van der Waals surface area contributed by atoms with Crippen LogP contribution in [0.5, 0.6) is 0 Å². The summed E-state index contributed by atoms with van der Waals surface area (Å²) in [5.41, 5.74) is 1.12. The first kappa shape index (κ1) is 12.6. The van der Waals surface area contributed by atoms with Crippen LogP contribution in [0.2, 0.25) is 0 Å². The molecule has 0 aliphatic rings. The van der Waals surface area contributed by atoms with Gasteiger partial charge in [-0.2, -0.15) is 11.3 Å². The molecule has 1 unspecified atom stereocenters. The summed E-state index contributed by atoms with van der Waals surface area (Å²) in [7, 11) is -3.36. The van der Waals surface area contributed by atoms with E-state index in [0.29, 0.717) is 13.0 Å². The van der Waals surface area contributed by atoms with Crippen molar-refractivity contribution in [1.29, 1.82) is 0 Å². The van der Waals surface area contributed by atoms with E-state index in [1.54, 1.807) is 11.3 Å². The number of rotatable bonds is 6. The lowest BCUT2D eigenvalue weighted by atomic mass is 10.2. The van der Waals surface area contributed by atoms with Gasteiger partial charge in [-0.05, 0) is 35.7 Å². The summed E-state index contributed by atoms with van der Waals surface area (Å²) in [5, 5.41) is 11.9. The minimum atomic E-state index is -3.36. The Labute approximate surface area is 94.0 Å². The van der Waals surface area contributed by atoms with E-state index in [2.05, 4.69) is 4.72 Å². The highest BCUT2D eigenvalue weighted by Crippen LogP contribution is 2.06. The van der Waals surface area contributed by atoms with Crippen molar-refractivity contribution in [3.05, 3.63) is 22.4 Å². The topological polar surface area (TPSA) is 66.4 Å². The fourth-order valence-electron chi connectivity index (χ4n) is 1.01. The first-order valence-corrected chi connectivity index (χ1v) is 7.15. The van der Waals surface area contributed by atoms with Crippen molar-refractivity contribution < 1.29 is 13.5 Å². The molecule has 86 valence electrons. The van der Waals surface area contributed by atoms with Crippen LogP contribution in [0.3, 0.4) is 0 Å². The molecule has 0 aliphatic heterocycles. The molecule has 0 aliphatic carbocycles. The number of aliphatic hydroxyl groups excluding tert-OH is 1. The maximum absolute atomic E-state index is 11.4. The highest BCUT2D eigenvalue weighted by atomic mass is 32.2. The Hall–Kier alpha value is -0.430. The Kier molecular flexibility index (Phi) is 4.72. The van der Waals surface area contributed by atoms with E-state index in [-0.39, 0.29) is 6.61 Å². The van der Waals surface area contributed by atoms with E-state index < -0.39 is 15.3 Å². The third-order valence-corrected chi connectivity index (χ3v) is 4.63. The second kappa shape index (κ2) is 5.60. The molecule has 0 radical (unpaired) electrons. The third kappa shape index (κ3) is 3.90. The second-order valence-corrected chi connectivity index (χ2v) is 6.28. The monoisotopic (exact) mass is 249 g/mol. The number of hydrogen-bond acceptors (Lipinski definition) is 4. The van der Waals surface area contributed by atoms with Crippen molar-refractivity contribution in [2.75, 3.05) is 13.2 Å². The van der Waals surface area contributed by atoms with Crippen molar-refractivity contribution in [2.45, 2.75) is 18.6 Å². The molecule has 1 aromatic heterocycles. The van der Waals surface area contributed by atoms with Gasteiger partial charge in [-0.1, -0.05) is 0 Å². The molecule has 0 amide bonds. The molecule has 2 N–H and O–H groups in total. The van der Waals surface area contributed by atoms with Crippen LogP contribution < -0.4 is 4.72 Å². The average molecular weight is 249 g/mol. The van der Waals surface area contributed by atoms with Crippen molar-refractivity contribution in [3.8, 4) is 0 Å². The molecule has 0 spiro atoms. The van der Waals surface area contributed by atoms with Gasteiger partial charge in [-0.15, -0.1) is 0 Å². The van der Waals surface area contributed by atoms with Crippen molar-refractivity contribution >= 4 is 21.4 Å². The van der Waals surface area contributed by atoms with Gasteiger partial charge in [0.05, 0.1) is 11.9 Å². The molecule has 15 heavy (non-hydrogen) atoms. The van der Waals surface area contributed by atoms with Crippen LogP contribution in [-0.2, 0) is 16.4 Å². The van der Waals surface area contributed by atoms with Crippen LogP contribution in [0, 0.1) is 0 Å². The fourth-order valence-corrected chi connectivity index (χ4v) is 2.58. The van der Waals surface area contributed by atoms with Crippen molar-refractivity contribution in [3.63, 3.8) is 0 Å². The summed E-state index contributed by atoms with van der Waals surface area (Å²) in [6, 6.07) is 1.97. The Balaban J connectivity index is 2.37. The minimum Gasteiger partial charge on any atom is -0.395 e. The van der Waals surface area contributed by atoms with Gasteiger partial charge in [0.1, 0.15) is 0 Å². The smallest absolute Gasteiger partial charge is 0.216 e. The number of thiophene rings is 1. The first-order chi connectivity index (χ1) is 7.06. The molecule has 0 fully saturated rings. The van der Waals surface area contributed by atoms with Gasteiger partial charge in [0, 0.05) is 6.54 Å². The molecule has 1 atom stereocenters. The summed E-state index contributed by atoms with van der Waals surface area (Å²) in [5.74, 6) is 0. The molecule has 1 rings (SSSR count). The normalized spacial score (nSPS) is 14.0. The minimum absolute atomic E-state index is 0.353. The molecule has 1 heterocycles. The van der Waals surface area contributed by atoms with Gasteiger partial charge < -0.3 is 5.11 Å². The van der Waals surface area contributed by atoms with Gasteiger partial charge >= 0.3 is 0 Å². The number of nitrogens with one attached hydrogen (secondary N) is 1. The molecule has 0 bridgehead atoms. The van der Waals surface area contributed by atoms with Crippen LogP contribution in [-0.4, -0.2) is 31.9 Å². The van der Waals surface area contributed by atoms with Crippen LogP contribution in [0.4, 0.5) is 0 Å². The van der Waals surface area contributed by atoms with Crippen LogP contribution in [0.1, 0.15) is 12.5 Å². The van der Waals surface area contributed by atoms with E-state index in [1.165, 1.54) is 6.92 Å². The highest BCUT2D eigenvalue weighted by Gasteiger charge is 2.18. The molecule has 6 heteroatoms. The van der Waals surface area contributed by atoms with Crippen LogP contribution >= 0.6 is 11.3 Å². The number of hydrogen-bond donors (Lipinski definition) is 2. The molecule has 0 saturated heterocycles. The summed E-state index contributed by atoms with van der Waals surface area (Å²) in [6.45, 7) is 1.50. The summed E-state index contributed by atoms with van der Waals surface area (Å²) in [4.78, 5) is 0. The molecular weight excluding hydrogens is 234 g/mol. The van der Waals surface area contributed by atoms with E-state index in [4.69, 9.17) is 5.11 Å². The molecular formula is C9H15NO3S2. The van der Waals surface area contributed by atoms with E-state index in [1.807, 2.05) is 16.8 Å². The zero-order valence-corrected chi connectivity index (χ0v) is 10.1. The molecule has 4 nitrogen and oxygen atoms in total. The molecule has 1 aromatic rings. The Morgan fingerprint density at radius 3 is 2.87 bits per heavy atom. The molecule has 0 saturated carbocycles. The van der Waals surface area contributed by atoms with Gasteiger partial charge in [0.2, 0.25) is 10.0 Å². The van der Waals surface area contributed by atoms with Crippen LogP contribution in [0.25, 0.3) is 0 Å². The lowest BCUT2D eigenvalue weighted by molar-refractivity contribution is 0.295. The summed E-state index contributed by atoms with van der Waals surface area (Å²) >= 11 is 1.59. The lowest BCUT2D eigenvalue weighted by Gasteiger charge is -2.10. The predicted molar refractivity (Wildman–Crippen MR) is 61.5 cm³/mol. The number of aliphatic hydroxyl groups is 1. The quantitative estimate of drug-likeness (QED) is 0.775. The largest absolute Gasteiger partial charge is 0.395 e. The zero-order chi connectivity index (χ0) is 11.3. The van der Waals surface area contributed by atoms with Crippen molar-refractivity contribution in [1.82, 2.24) is 4.72 Å². The Morgan fingerprint density at radius 2 is 2.33 bits per heavy atom.